The molecule has 0 aliphatic carbocycles. The van der Waals surface area contributed by atoms with E-state index in [-0.39, 0.29) is 9.84 Å². The van der Waals surface area contributed by atoms with E-state index in [2.05, 4.69) is 26.2 Å². The van der Waals surface area contributed by atoms with Crippen LogP contribution >= 0.6 is 27.7 Å². The quantitative estimate of drug-likeness (QED) is 0.441. The number of thioether (sulfide) groups is 1. The summed E-state index contributed by atoms with van der Waals surface area (Å²) >= 11 is 4.91. The van der Waals surface area contributed by atoms with Gasteiger partial charge < -0.3 is 5.32 Å². The van der Waals surface area contributed by atoms with Gasteiger partial charge in [-0.1, -0.05) is 33.8 Å². The third-order valence-electron chi connectivity index (χ3n) is 2.18. The zero-order chi connectivity index (χ0) is 9.71. The molecule has 0 saturated heterocycles. The Morgan fingerprint density at radius 1 is 1.71 bits per heavy atom. The van der Waals surface area contributed by atoms with Crippen LogP contribution in [0.15, 0.2) is 15.9 Å². The Balaban J connectivity index is 2.28. The van der Waals surface area contributed by atoms with Crippen molar-refractivity contribution >= 4 is 39.6 Å². The van der Waals surface area contributed by atoms with Crippen molar-refractivity contribution < 1.29 is 0 Å². The molecule has 0 radical (unpaired) electrons. The number of fused-ring (bicyclic) bond motifs is 2. The molecule has 4 nitrogen and oxygen atoms in total. The van der Waals surface area contributed by atoms with E-state index in [9.17, 15) is 4.79 Å². The highest BCUT2D eigenvalue weighted by atomic mass is 79.9. The van der Waals surface area contributed by atoms with E-state index >= 15 is 0 Å². The van der Waals surface area contributed by atoms with Gasteiger partial charge in [0, 0.05) is 12.6 Å². The van der Waals surface area contributed by atoms with Gasteiger partial charge in [0.25, 0.3) is 5.56 Å². The number of hydrogen-bond donors (Lipinski definition) is 1. The number of anilines is 1. The minimum Gasteiger partial charge on any atom is -0.357 e. The molecule has 1 atom stereocenters. The monoisotopic (exact) mass is 271 g/mol. The molecule has 2 aliphatic heterocycles. The van der Waals surface area contributed by atoms with Crippen molar-refractivity contribution in [2.24, 2.45) is 0 Å². The van der Waals surface area contributed by atoms with Crippen LogP contribution in [0.4, 0.5) is 5.69 Å². The third-order valence-corrected chi connectivity index (χ3v) is 3.82. The van der Waals surface area contributed by atoms with Gasteiger partial charge in [0.05, 0.1) is 0 Å². The molecule has 0 spiro atoms. The Bertz CT molecular complexity index is 496. The van der Waals surface area contributed by atoms with Crippen molar-refractivity contribution in [3.63, 3.8) is 0 Å². The molecule has 6 heteroatoms. The maximum atomic E-state index is 11.9. The van der Waals surface area contributed by atoms with Crippen LogP contribution in [0.5, 0.6) is 0 Å². The predicted molar refractivity (Wildman–Crippen MR) is 59.7 cm³/mol. The average molecular weight is 272 g/mol. The summed E-state index contributed by atoms with van der Waals surface area (Å²) in [6.07, 6.45) is 4.46. The maximum Gasteiger partial charge on any atom is 0.282 e. The number of rotatable bonds is 0. The summed E-state index contributed by atoms with van der Waals surface area (Å²) in [4.78, 5) is 16.3. The minimum absolute atomic E-state index is 0.00630. The molecule has 2 aliphatic rings. The van der Waals surface area contributed by atoms with E-state index < -0.39 is 0 Å². The largest absolute Gasteiger partial charge is 0.357 e. The molecule has 3 rings (SSSR count). The molecule has 14 heavy (non-hydrogen) atoms. The van der Waals surface area contributed by atoms with Crippen LogP contribution in [-0.2, 0) is 6.42 Å². The Morgan fingerprint density at radius 2 is 2.57 bits per heavy atom. The van der Waals surface area contributed by atoms with Gasteiger partial charge in [0.1, 0.15) is 20.8 Å². The predicted octanol–water partition coefficient (Wildman–Crippen LogP) is 1.47. The SMILES string of the molecule is O=c1c2c(nc3n1C=CC3)SC(Br)N2. The second-order valence-electron chi connectivity index (χ2n) is 3.05. The summed E-state index contributed by atoms with van der Waals surface area (Å²) < 4.78 is 1.65. The molecule has 0 fully saturated rings. The molecule has 1 unspecified atom stereocenters. The second-order valence-corrected chi connectivity index (χ2v) is 5.67. The zero-order valence-electron chi connectivity index (χ0n) is 7.03. The molecule has 72 valence electrons. The van der Waals surface area contributed by atoms with E-state index in [1.807, 2.05) is 6.08 Å². The molecular formula is C8H6BrN3OS. The van der Waals surface area contributed by atoms with Gasteiger partial charge in [-0.2, -0.15) is 0 Å². The van der Waals surface area contributed by atoms with E-state index in [1.54, 1.807) is 10.8 Å². The summed E-state index contributed by atoms with van der Waals surface area (Å²) in [5, 5.41) is 3.84. The van der Waals surface area contributed by atoms with Crippen molar-refractivity contribution in [3.05, 3.63) is 22.3 Å². The first-order chi connectivity index (χ1) is 6.75. The third kappa shape index (κ3) is 1.07. The summed E-state index contributed by atoms with van der Waals surface area (Å²) in [5.41, 5.74) is 0.598. The fourth-order valence-corrected chi connectivity index (χ4v) is 3.12. The Hall–Kier alpha value is -0.750. The molecule has 0 saturated carbocycles. The molecular weight excluding hydrogens is 266 g/mol. The number of halogens is 1. The van der Waals surface area contributed by atoms with Crippen LogP contribution in [-0.4, -0.2) is 13.8 Å². The lowest BCUT2D eigenvalue weighted by molar-refractivity contribution is 0.868. The fourth-order valence-electron chi connectivity index (χ4n) is 1.57. The van der Waals surface area contributed by atoms with E-state index in [0.717, 1.165) is 17.3 Å². The molecule has 0 amide bonds. The van der Waals surface area contributed by atoms with Gasteiger partial charge in [-0.25, -0.2) is 4.98 Å². The molecule has 1 N–H and O–H groups in total. The lowest BCUT2D eigenvalue weighted by Crippen LogP contribution is -2.21. The maximum absolute atomic E-state index is 11.9. The number of nitrogens with one attached hydrogen (secondary N) is 1. The van der Waals surface area contributed by atoms with Crippen LogP contribution in [0, 0.1) is 0 Å². The van der Waals surface area contributed by atoms with Gasteiger partial charge >= 0.3 is 0 Å². The van der Waals surface area contributed by atoms with Gasteiger partial charge in [-0.05, 0) is 0 Å². The van der Waals surface area contributed by atoms with Gasteiger partial charge in [0.15, 0.2) is 0 Å². The number of aromatic nitrogens is 2. The Kier molecular flexibility index (Phi) is 1.75. The fraction of sp³-hybridized carbons (Fsp3) is 0.250. The smallest absolute Gasteiger partial charge is 0.282 e. The number of alkyl halides is 1. The first-order valence-corrected chi connectivity index (χ1v) is 5.94. The summed E-state index contributed by atoms with van der Waals surface area (Å²) in [7, 11) is 0. The highest BCUT2D eigenvalue weighted by Gasteiger charge is 2.26. The lowest BCUT2D eigenvalue weighted by atomic mass is 10.4. The molecule has 0 aromatic carbocycles. The van der Waals surface area contributed by atoms with Gasteiger partial charge in [0.2, 0.25) is 0 Å². The summed E-state index contributed by atoms with van der Waals surface area (Å²) in [6.45, 7) is 0. The van der Waals surface area contributed by atoms with Crippen molar-refractivity contribution in [3.8, 4) is 0 Å². The molecule has 3 heterocycles. The normalized spacial score (nSPS) is 21.9. The number of nitrogens with zero attached hydrogens (tertiary/aromatic N) is 2. The standard InChI is InChI=1S/C8H6BrN3OS/c9-8-11-5-6(14-8)10-4-2-1-3-12(4)7(5)13/h1,3,8,11H,2H2. The van der Waals surface area contributed by atoms with E-state index in [1.165, 1.54) is 11.8 Å². The average Bonchev–Trinajstić information content (AvgIpc) is 2.71. The zero-order valence-corrected chi connectivity index (χ0v) is 9.43. The summed E-state index contributed by atoms with van der Waals surface area (Å²) in [5.74, 6) is 0.824. The number of allylic oxidation sites excluding steroid dienone is 1. The van der Waals surface area contributed by atoms with Crippen molar-refractivity contribution in [2.45, 2.75) is 15.7 Å². The number of hydrogen-bond acceptors (Lipinski definition) is 4. The van der Waals surface area contributed by atoms with Gasteiger partial charge in [-0.15, -0.1) is 0 Å². The second kappa shape index (κ2) is 2.87. The van der Waals surface area contributed by atoms with Gasteiger partial charge in [-0.3, -0.25) is 9.36 Å². The van der Waals surface area contributed by atoms with Crippen LogP contribution in [0.3, 0.4) is 0 Å². The van der Waals surface area contributed by atoms with Crippen LogP contribution in [0.1, 0.15) is 5.82 Å². The lowest BCUT2D eigenvalue weighted by Gasteiger charge is -2.03. The Labute approximate surface area is 92.5 Å². The highest BCUT2D eigenvalue weighted by Crippen LogP contribution is 2.37. The molecule has 0 bridgehead atoms. The van der Waals surface area contributed by atoms with Crippen LogP contribution in [0.25, 0.3) is 6.20 Å². The minimum atomic E-state index is -0.00630. The first-order valence-electron chi connectivity index (χ1n) is 4.15. The Morgan fingerprint density at radius 3 is 3.43 bits per heavy atom. The first kappa shape index (κ1) is 8.55. The highest BCUT2D eigenvalue weighted by molar-refractivity contribution is 9.11. The van der Waals surface area contributed by atoms with E-state index in [0.29, 0.717) is 5.69 Å². The molecule has 1 aromatic rings. The van der Waals surface area contributed by atoms with E-state index in [4.69, 9.17) is 0 Å². The van der Waals surface area contributed by atoms with Crippen molar-refractivity contribution in [1.82, 2.24) is 9.55 Å². The summed E-state index contributed by atoms with van der Waals surface area (Å²) in [6, 6.07) is 0. The van der Waals surface area contributed by atoms with Crippen LogP contribution < -0.4 is 10.9 Å². The topological polar surface area (TPSA) is 46.9 Å². The molecule has 1 aromatic heterocycles. The van der Waals surface area contributed by atoms with Crippen LogP contribution in [0.2, 0.25) is 0 Å². The van der Waals surface area contributed by atoms with Crippen molar-refractivity contribution in [1.29, 1.82) is 0 Å². The van der Waals surface area contributed by atoms with Crippen molar-refractivity contribution in [2.75, 3.05) is 5.32 Å².